The SMILES string of the molecule is CC(C)(C)OC(=O)Nc1c(C(=O)O)cnn1-c1ccc(Br)cn1. The molecule has 0 saturated heterocycles. The molecule has 0 spiro atoms. The van der Waals surface area contributed by atoms with Crippen LogP contribution >= 0.6 is 15.9 Å². The molecule has 2 heterocycles. The Balaban J connectivity index is 2.39. The van der Waals surface area contributed by atoms with E-state index in [0.717, 1.165) is 10.7 Å². The second kappa shape index (κ2) is 6.37. The summed E-state index contributed by atoms with van der Waals surface area (Å²) in [6.07, 6.45) is 1.90. The summed E-state index contributed by atoms with van der Waals surface area (Å²) in [7, 11) is 0. The number of carboxylic acids is 1. The monoisotopic (exact) mass is 382 g/mol. The fourth-order valence-electron chi connectivity index (χ4n) is 1.69. The van der Waals surface area contributed by atoms with E-state index in [0.29, 0.717) is 5.82 Å². The summed E-state index contributed by atoms with van der Waals surface area (Å²) in [5.74, 6) is -0.896. The molecule has 0 aromatic carbocycles. The maximum absolute atomic E-state index is 11.9. The molecule has 0 bridgehead atoms. The highest BCUT2D eigenvalue weighted by Crippen LogP contribution is 2.21. The maximum atomic E-state index is 11.9. The van der Waals surface area contributed by atoms with E-state index in [1.807, 2.05) is 0 Å². The standard InChI is InChI=1S/C14H15BrN4O4/c1-14(2,3)23-13(22)18-11-9(12(20)21)7-17-19(11)10-5-4-8(15)6-16-10/h4-7H,1-3H3,(H,18,22)(H,20,21). The molecule has 0 saturated carbocycles. The van der Waals surface area contributed by atoms with Gasteiger partial charge in [0.15, 0.2) is 11.6 Å². The molecule has 0 aliphatic carbocycles. The summed E-state index contributed by atoms with van der Waals surface area (Å²) >= 11 is 3.26. The number of pyridine rings is 1. The lowest BCUT2D eigenvalue weighted by atomic mass is 10.2. The number of halogens is 1. The van der Waals surface area contributed by atoms with Crippen molar-refractivity contribution >= 4 is 33.8 Å². The van der Waals surface area contributed by atoms with E-state index in [9.17, 15) is 14.7 Å². The highest BCUT2D eigenvalue weighted by molar-refractivity contribution is 9.10. The molecule has 0 unspecified atom stereocenters. The number of nitrogens with zero attached hydrogens (tertiary/aromatic N) is 3. The van der Waals surface area contributed by atoms with Gasteiger partial charge in [-0.15, -0.1) is 0 Å². The zero-order valence-corrected chi connectivity index (χ0v) is 14.3. The third kappa shape index (κ3) is 4.28. The van der Waals surface area contributed by atoms with Gasteiger partial charge >= 0.3 is 12.1 Å². The van der Waals surface area contributed by atoms with Crippen LogP contribution in [-0.2, 0) is 4.74 Å². The minimum absolute atomic E-state index is 0.0263. The van der Waals surface area contributed by atoms with Crippen molar-refractivity contribution in [2.75, 3.05) is 5.32 Å². The number of nitrogens with one attached hydrogen (secondary N) is 1. The van der Waals surface area contributed by atoms with Crippen molar-refractivity contribution in [3.8, 4) is 5.82 Å². The van der Waals surface area contributed by atoms with Crippen LogP contribution in [0.3, 0.4) is 0 Å². The van der Waals surface area contributed by atoms with Crippen molar-refractivity contribution < 1.29 is 19.4 Å². The van der Waals surface area contributed by atoms with Crippen LogP contribution in [0.25, 0.3) is 5.82 Å². The molecular formula is C14H15BrN4O4. The highest BCUT2D eigenvalue weighted by Gasteiger charge is 2.23. The number of aromatic nitrogens is 3. The summed E-state index contributed by atoms with van der Waals surface area (Å²) in [5.41, 5.74) is -0.880. The molecule has 0 radical (unpaired) electrons. The van der Waals surface area contributed by atoms with Gasteiger partial charge in [0, 0.05) is 10.7 Å². The van der Waals surface area contributed by atoms with E-state index in [1.54, 1.807) is 32.9 Å². The van der Waals surface area contributed by atoms with Crippen LogP contribution in [0.15, 0.2) is 29.0 Å². The number of carbonyl (C=O) groups excluding carboxylic acids is 1. The number of aromatic carboxylic acids is 1. The Labute approximate surface area is 140 Å². The number of carbonyl (C=O) groups is 2. The van der Waals surface area contributed by atoms with E-state index in [4.69, 9.17) is 4.74 Å². The van der Waals surface area contributed by atoms with Crippen molar-refractivity contribution in [2.24, 2.45) is 0 Å². The molecular weight excluding hydrogens is 368 g/mol. The fourth-order valence-corrected chi connectivity index (χ4v) is 1.93. The number of hydrogen-bond acceptors (Lipinski definition) is 5. The summed E-state index contributed by atoms with van der Waals surface area (Å²) in [6.45, 7) is 5.12. The highest BCUT2D eigenvalue weighted by atomic mass is 79.9. The predicted molar refractivity (Wildman–Crippen MR) is 85.9 cm³/mol. The van der Waals surface area contributed by atoms with Crippen molar-refractivity contribution in [1.82, 2.24) is 14.8 Å². The Bertz CT molecular complexity index is 734. The van der Waals surface area contributed by atoms with Crippen LogP contribution in [0.1, 0.15) is 31.1 Å². The van der Waals surface area contributed by atoms with Crippen molar-refractivity contribution in [1.29, 1.82) is 0 Å². The molecule has 0 aliphatic heterocycles. The van der Waals surface area contributed by atoms with Gasteiger partial charge in [-0.2, -0.15) is 9.78 Å². The zero-order chi connectivity index (χ0) is 17.2. The average molecular weight is 383 g/mol. The lowest BCUT2D eigenvalue weighted by Gasteiger charge is -2.20. The third-order valence-electron chi connectivity index (χ3n) is 2.55. The van der Waals surface area contributed by atoms with Crippen molar-refractivity contribution in [2.45, 2.75) is 26.4 Å². The predicted octanol–water partition coefficient (Wildman–Crippen LogP) is 3.08. The number of rotatable bonds is 3. The van der Waals surface area contributed by atoms with Crippen LogP contribution in [0.4, 0.5) is 10.6 Å². The second-order valence-corrected chi connectivity index (χ2v) is 6.50. The van der Waals surface area contributed by atoms with Gasteiger partial charge in [-0.05, 0) is 48.8 Å². The van der Waals surface area contributed by atoms with Crippen LogP contribution in [-0.4, -0.2) is 37.5 Å². The quantitative estimate of drug-likeness (QED) is 0.844. The number of carboxylic acid groups (broad SMARTS) is 1. The summed E-state index contributed by atoms with van der Waals surface area (Å²) in [5, 5.41) is 15.6. The first kappa shape index (κ1) is 16.9. The Hall–Kier alpha value is -2.42. The largest absolute Gasteiger partial charge is 0.477 e. The summed E-state index contributed by atoms with van der Waals surface area (Å²) in [4.78, 5) is 27.4. The van der Waals surface area contributed by atoms with Gasteiger partial charge < -0.3 is 9.84 Å². The Morgan fingerprint density at radius 1 is 1.30 bits per heavy atom. The molecule has 1 amide bonds. The first-order chi connectivity index (χ1) is 10.7. The first-order valence-electron chi connectivity index (χ1n) is 6.60. The van der Waals surface area contributed by atoms with Gasteiger partial charge in [-0.1, -0.05) is 0 Å². The van der Waals surface area contributed by atoms with Gasteiger partial charge in [-0.3, -0.25) is 5.32 Å². The topological polar surface area (TPSA) is 106 Å². The number of hydrogen-bond donors (Lipinski definition) is 2. The second-order valence-electron chi connectivity index (χ2n) is 5.59. The molecule has 0 atom stereocenters. The normalized spacial score (nSPS) is 11.1. The van der Waals surface area contributed by atoms with Crippen LogP contribution in [0, 0.1) is 0 Å². The zero-order valence-electron chi connectivity index (χ0n) is 12.7. The number of amides is 1. The molecule has 2 aromatic rings. The maximum Gasteiger partial charge on any atom is 0.413 e. The Morgan fingerprint density at radius 2 is 2.00 bits per heavy atom. The van der Waals surface area contributed by atoms with Crippen LogP contribution in [0.2, 0.25) is 0 Å². The first-order valence-corrected chi connectivity index (χ1v) is 7.40. The molecule has 23 heavy (non-hydrogen) atoms. The molecule has 122 valence electrons. The van der Waals surface area contributed by atoms with Crippen molar-refractivity contribution in [3.05, 3.63) is 34.6 Å². The molecule has 8 nitrogen and oxygen atoms in total. The summed E-state index contributed by atoms with van der Waals surface area (Å²) < 4.78 is 7.12. The Morgan fingerprint density at radius 3 is 2.52 bits per heavy atom. The van der Waals surface area contributed by atoms with Gasteiger partial charge in [0.25, 0.3) is 0 Å². The molecule has 2 rings (SSSR count). The smallest absolute Gasteiger partial charge is 0.413 e. The lowest BCUT2D eigenvalue weighted by Crippen LogP contribution is -2.28. The summed E-state index contributed by atoms with van der Waals surface area (Å²) in [6, 6.07) is 3.35. The van der Waals surface area contributed by atoms with Gasteiger partial charge in [0.2, 0.25) is 0 Å². The van der Waals surface area contributed by atoms with E-state index < -0.39 is 17.7 Å². The van der Waals surface area contributed by atoms with Gasteiger partial charge in [0.05, 0.1) is 6.20 Å². The molecule has 2 N–H and O–H groups in total. The molecule has 0 fully saturated rings. The molecule has 0 aliphatic rings. The Kier molecular flexibility index (Phi) is 4.69. The van der Waals surface area contributed by atoms with Gasteiger partial charge in [0.1, 0.15) is 11.2 Å². The minimum atomic E-state index is -1.22. The number of anilines is 1. The van der Waals surface area contributed by atoms with Crippen LogP contribution in [0.5, 0.6) is 0 Å². The third-order valence-corrected chi connectivity index (χ3v) is 3.02. The molecule has 2 aromatic heterocycles. The van der Waals surface area contributed by atoms with Crippen LogP contribution < -0.4 is 5.32 Å². The fraction of sp³-hybridized carbons (Fsp3) is 0.286. The molecule has 9 heteroatoms. The van der Waals surface area contributed by atoms with Crippen molar-refractivity contribution in [3.63, 3.8) is 0 Å². The number of ether oxygens (including phenoxy) is 1. The lowest BCUT2D eigenvalue weighted by molar-refractivity contribution is 0.0635. The van der Waals surface area contributed by atoms with E-state index in [2.05, 4.69) is 31.3 Å². The minimum Gasteiger partial charge on any atom is -0.477 e. The van der Waals surface area contributed by atoms with E-state index >= 15 is 0 Å². The van der Waals surface area contributed by atoms with E-state index in [1.165, 1.54) is 10.9 Å². The average Bonchev–Trinajstić information content (AvgIpc) is 2.81. The van der Waals surface area contributed by atoms with Gasteiger partial charge in [-0.25, -0.2) is 14.6 Å². The van der Waals surface area contributed by atoms with E-state index in [-0.39, 0.29) is 11.4 Å².